The van der Waals surface area contributed by atoms with Gasteiger partial charge in [0.25, 0.3) is 0 Å². The first-order chi connectivity index (χ1) is 24.4. The number of hydrogen-bond acceptors (Lipinski definition) is 6. The summed E-state index contributed by atoms with van der Waals surface area (Å²) < 4.78 is 17.7. The molecule has 2 heterocycles. The van der Waals surface area contributed by atoms with Gasteiger partial charge in [-0.1, -0.05) is 92.2 Å². The number of nitrogens with zero attached hydrogens (tertiary/aromatic N) is 3. The van der Waals surface area contributed by atoms with Crippen molar-refractivity contribution >= 4 is 23.6 Å². The number of rotatable bonds is 13. The molecule has 8 heteroatoms. The van der Waals surface area contributed by atoms with E-state index in [9.17, 15) is 4.79 Å². The van der Waals surface area contributed by atoms with Crippen molar-refractivity contribution in [2.24, 2.45) is 0 Å². The number of hydrogen-bond donors (Lipinski definition) is 0. The molecule has 1 fully saturated rings. The zero-order valence-electron chi connectivity index (χ0n) is 28.5. The maximum atomic E-state index is 12.9. The van der Waals surface area contributed by atoms with E-state index in [1.165, 1.54) is 11.1 Å². The molecule has 0 atom stereocenters. The van der Waals surface area contributed by atoms with Gasteiger partial charge in [-0.3, -0.25) is 9.69 Å². The first-order valence-corrected chi connectivity index (χ1v) is 17.4. The zero-order chi connectivity index (χ0) is 34.7. The van der Waals surface area contributed by atoms with Crippen molar-refractivity contribution < 1.29 is 19.0 Å². The average Bonchev–Trinajstić information content (AvgIpc) is 3.15. The third-order valence-electron chi connectivity index (χ3n) is 8.65. The van der Waals surface area contributed by atoms with Gasteiger partial charge in [0.05, 0.1) is 6.20 Å². The Morgan fingerprint density at radius 2 is 1.42 bits per heavy atom. The number of piperazine rings is 1. The van der Waals surface area contributed by atoms with Gasteiger partial charge >= 0.3 is 0 Å². The van der Waals surface area contributed by atoms with Gasteiger partial charge in [-0.25, -0.2) is 4.98 Å². The van der Waals surface area contributed by atoms with E-state index in [2.05, 4.69) is 60.1 Å². The number of ether oxygens (including phenoxy) is 3. The minimum atomic E-state index is 0.0224. The van der Waals surface area contributed by atoms with Crippen molar-refractivity contribution in [3.05, 3.63) is 154 Å². The normalized spacial score (nSPS) is 13.5. The van der Waals surface area contributed by atoms with E-state index in [-0.39, 0.29) is 5.91 Å². The topological polar surface area (TPSA) is 64.1 Å². The van der Waals surface area contributed by atoms with E-state index < -0.39 is 0 Å². The Balaban J connectivity index is 0.899. The van der Waals surface area contributed by atoms with Gasteiger partial charge < -0.3 is 19.1 Å². The van der Waals surface area contributed by atoms with Gasteiger partial charge in [0.1, 0.15) is 30.5 Å². The van der Waals surface area contributed by atoms with Crippen LogP contribution in [0.2, 0.25) is 5.02 Å². The Hall–Kier alpha value is -5.11. The monoisotopic (exact) mass is 687 g/mol. The standard InChI is InChI=1S/C42H42ClN3O4/c1-31(2)35-14-18-37(19-15-35)48-29-34-9-7-33(8-10-34)28-45-23-25-46(26-24-45)42(47)22-13-32-11-16-38(17-12-32)50-41-21-20-39(27-44-41)49-30-36-5-3-4-6-40(36)43/h3-22,27,31H,23-26,28-30H2,1-2H3/b22-13+. The Bertz CT molecular complexity index is 1850. The van der Waals surface area contributed by atoms with Crippen molar-refractivity contribution in [1.29, 1.82) is 0 Å². The second kappa shape index (κ2) is 17.0. The molecular weight excluding hydrogens is 646 g/mol. The van der Waals surface area contributed by atoms with E-state index in [4.69, 9.17) is 25.8 Å². The van der Waals surface area contributed by atoms with Gasteiger partial charge in [0.15, 0.2) is 0 Å². The number of aromatic nitrogens is 1. The molecule has 0 aliphatic carbocycles. The minimum Gasteiger partial charge on any atom is -0.489 e. The predicted octanol–water partition coefficient (Wildman–Crippen LogP) is 9.17. The first kappa shape index (κ1) is 34.7. The second-order valence-electron chi connectivity index (χ2n) is 12.6. The molecular formula is C42H42ClN3O4. The SMILES string of the molecule is CC(C)c1ccc(OCc2ccc(CN3CCN(C(=O)/C=C/c4ccc(Oc5ccc(OCc6ccccc6Cl)cn5)cc4)CC3)cc2)cc1. The summed E-state index contributed by atoms with van der Waals surface area (Å²) >= 11 is 6.20. The molecule has 256 valence electrons. The van der Waals surface area contributed by atoms with Crippen molar-refractivity contribution in [1.82, 2.24) is 14.8 Å². The van der Waals surface area contributed by atoms with Crippen LogP contribution in [0.15, 0.2) is 121 Å². The highest BCUT2D eigenvalue weighted by Crippen LogP contribution is 2.24. The summed E-state index contributed by atoms with van der Waals surface area (Å²) in [6.45, 7) is 9.23. The van der Waals surface area contributed by atoms with E-state index in [0.29, 0.717) is 54.6 Å². The molecule has 0 spiro atoms. The maximum Gasteiger partial charge on any atom is 0.246 e. The molecule has 1 aromatic heterocycles. The van der Waals surface area contributed by atoms with Crippen LogP contribution >= 0.6 is 11.6 Å². The Labute approximate surface area is 299 Å². The van der Waals surface area contributed by atoms with Crippen LogP contribution in [0.1, 0.15) is 47.6 Å². The van der Waals surface area contributed by atoms with Crippen molar-refractivity contribution in [2.45, 2.75) is 39.5 Å². The summed E-state index contributed by atoms with van der Waals surface area (Å²) in [5.74, 6) is 3.15. The summed E-state index contributed by atoms with van der Waals surface area (Å²) in [5.41, 5.74) is 5.54. The molecule has 0 unspecified atom stereocenters. The lowest BCUT2D eigenvalue weighted by atomic mass is 10.0. The molecule has 0 bridgehead atoms. The quantitative estimate of drug-likeness (QED) is 0.115. The molecule has 6 rings (SSSR count). The van der Waals surface area contributed by atoms with Crippen LogP contribution in [0.25, 0.3) is 6.08 Å². The van der Waals surface area contributed by atoms with Crippen molar-refractivity contribution in [3.63, 3.8) is 0 Å². The number of carbonyl (C=O) groups is 1. The predicted molar refractivity (Wildman–Crippen MR) is 199 cm³/mol. The maximum absolute atomic E-state index is 12.9. The number of pyridine rings is 1. The molecule has 1 aliphatic heterocycles. The lowest BCUT2D eigenvalue weighted by Gasteiger charge is -2.34. The minimum absolute atomic E-state index is 0.0224. The summed E-state index contributed by atoms with van der Waals surface area (Å²) in [5, 5.41) is 0.668. The lowest BCUT2D eigenvalue weighted by molar-refractivity contribution is -0.127. The van der Waals surface area contributed by atoms with Crippen LogP contribution in [0.3, 0.4) is 0 Å². The van der Waals surface area contributed by atoms with Crippen molar-refractivity contribution in [3.8, 4) is 23.1 Å². The fourth-order valence-electron chi connectivity index (χ4n) is 5.57. The summed E-state index contributed by atoms with van der Waals surface area (Å²) in [4.78, 5) is 21.6. The van der Waals surface area contributed by atoms with Crippen LogP contribution in [0.4, 0.5) is 0 Å². The zero-order valence-corrected chi connectivity index (χ0v) is 29.3. The average molecular weight is 688 g/mol. The highest BCUT2D eigenvalue weighted by atomic mass is 35.5. The summed E-state index contributed by atoms with van der Waals surface area (Å²) in [7, 11) is 0. The fourth-order valence-corrected chi connectivity index (χ4v) is 5.76. The fraction of sp³-hybridized carbons (Fsp3) is 0.238. The Kier molecular flexibility index (Phi) is 11.8. The van der Waals surface area contributed by atoms with Crippen LogP contribution < -0.4 is 14.2 Å². The highest BCUT2D eigenvalue weighted by molar-refractivity contribution is 6.31. The van der Waals surface area contributed by atoms with Gasteiger partial charge in [-0.15, -0.1) is 0 Å². The van der Waals surface area contributed by atoms with E-state index >= 15 is 0 Å². The number of amides is 1. The Morgan fingerprint density at radius 3 is 2.10 bits per heavy atom. The van der Waals surface area contributed by atoms with Crippen LogP contribution in [0, 0.1) is 0 Å². The molecule has 50 heavy (non-hydrogen) atoms. The molecule has 0 radical (unpaired) electrons. The van der Waals surface area contributed by atoms with E-state index in [1.54, 1.807) is 18.3 Å². The lowest BCUT2D eigenvalue weighted by Crippen LogP contribution is -2.47. The third-order valence-corrected chi connectivity index (χ3v) is 9.02. The van der Waals surface area contributed by atoms with Gasteiger partial charge in [-0.05, 0) is 70.6 Å². The highest BCUT2D eigenvalue weighted by Gasteiger charge is 2.19. The molecule has 5 aromatic rings. The van der Waals surface area contributed by atoms with Crippen LogP contribution in [-0.2, 0) is 24.6 Å². The number of carbonyl (C=O) groups excluding carboxylic acids is 1. The van der Waals surface area contributed by atoms with Crippen LogP contribution in [0.5, 0.6) is 23.1 Å². The summed E-state index contributed by atoms with van der Waals surface area (Å²) in [6.07, 6.45) is 5.11. The number of benzene rings is 4. The van der Waals surface area contributed by atoms with E-state index in [1.807, 2.05) is 77.7 Å². The molecule has 4 aromatic carbocycles. The van der Waals surface area contributed by atoms with Gasteiger partial charge in [-0.2, -0.15) is 0 Å². The summed E-state index contributed by atoms with van der Waals surface area (Å²) in [6, 6.07) is 35.6. The molecule has 0 saturated carbocycles. The second-order valence-corrected chi connectivity index (χ2v) is 13.1. The molecule has 0 N–H and O–H groups in total. The van der Waals surface area contributed by atoms with E-state index in [0.717, 1.165) is 42.1 Å². The molecule has 7 nitrogen and oxygen atoms in total. The van der Waals surface area contributed by atoms with Gasteiger partial charge in [0, 0.05) is 55.5 Å². The molecule has 1 amide bonds. The third kappa shape index (κ3) is 9.97. The van der Waals surface area contributed by atoms with Crippen LogP contribution in [-0.4, -0.2) is 46.9 Å². The first-order valence-electron chi connectivity index (χ1n) is 17.0. The largest absolute Gasteiger partial charge is 0.489 e. The van der Waals surface area contributed by atoms with Gasteiger partial charge in [0.2, 0.25) is 11.8 Å². The Morgan fingerprint density at radius 1 is 0.760 bits per heavy atom. The number of halogens is 1. The smallest absolute Gasteiger partial charge is 0.246 e. The van der Waals surface area contributed by atoms with Crippen molar-refractivity contribution in [2.75, 3.05) is 26.2 Å². The molecule has 1 aliphatic rings. The molecule has 1 saturated heterocycles.